The zero-order valence-electron chi connectivity index (χ0n) is 18.9. The van der Waals surface area contributed by atoms with Crippen LogP contribution in [0.5, 0.6) is 0 Å². The van der Waals surface area contributed by atoms with E-state index in [1.165, 1.54) is 6.07 Å². The molecule has 0 atom stereocenters. The van der Waals surface area contributed by atoms with Crippen molar-refractivity contribution in [2.45, 2.75) is 11.3 Å². The number of aromatic nitrogens is 1. The zero-order valence-corrected chi connectivity index (χ0v) is 21.2. The molecule has 0 amide bonds. The highest BCUT2D eigenvalue weighted by molar-refractivity contribution is 7.99. The van der Waals surface area contributed by atoms with Crippen molar-refractivity contribution in [3.63, 3.8) is 0 Å². The van der Waals surface area contributed by atoms with E-state index in [1.807, 2.05) is 42.5 Å². The van der Waals surface area contributed by atoms with Crippen LogP contribution in [0.4, 0.5) is 0 Å². The van der Waals surface area contributed by atoms with Crippen LogP contribution < -0.4 is 5.63 Å². The number of esters is 1. The molecule has 0 aliphatic rings. The largest absolute Gasteiger partial charge is 0.462 e. The van der Waals surface area contributed by atoms with E-state index in [9.17, 15) is 9.59 Å². The number of hydrogen-bond donors (Lipinski definition) is 0. The maximum absolute atomic E-state index is 12.5. The Labute approximate surface area is 221 Å². The molecule has 0 saturated carbocycles. The van der Waals surface area contributed by atoms with Crippen molar-refractivity contribution in [3.8, 4) is 11.3 Å². The van der Waals surface area contributed by atoms with Crippen molar-refractivity contribution in [1.82, 2.24) is 4.98 Å². The first-order chi connectivity index (χ1) is 17.5. The standard InChI is InChI=1S/C28H19Cl2NO4S/c29-18-10-11-19(22(30)15-18)24-16-26(20-7-2-3-8-23(20)31-24)36-13-5-12-34-27(32)21-14-17-6-1-4-9-25(17)35-28(21)33/h1-4,6-11,14-16H,5,12-13H2. The minimum absolute atomic E-state index is 0.106. The summed E-state index contributed by atoms with van der Waals surface area (Å²) in [6.45, 7) is 0.178. The summed E-state index contributed by atoms with van der Waals surface area (Å²) in [7, 11) is 0. The number of thioether (sulfide) groups is 1. The highest BCUT2D eigenvalue weighted by Gasteiger charge is 2.15. The number of rotatable bonds is 7. The van der Waals surface area contributed by atoms with Crippen molar-refractivity contribution in [2.75, 3.05) is 12.4 Å². The number of ether oxygens (including phenoxy) is 1. The summed E-state index contributed by atoms with van der Waals surface area (Å²) < 4.78 is 10.6. The Morgan fingerprint density at radius 1 is 0.972 bits per heavy atom. The lowest BCUT2D eigenvalue weighted by Gasteiger charge is -2.11. The summed E-state index contributed by atoms with van der Waals surface area (Å²) in [6.07, 6.45) is 0.600. The number of benzene rings is 3. The number of para-hydroxylation sites is 2. The average Bonchev–Trinajstić information content (AvgIpc) is 2.87. The Morgan fingerprint density at radius 3 is 2.64 bits per heavy atom. The first-order valence-corrected chi connectivity index (χ1v) is 12.9. The van der Waals surface area contributed by atoms with E-state index in [2.05, 4.69) is 0 Å². The van der Waals surface area contributed by atoms with Crippen molar-refractivity contribution < 1.29 is 13.9 Å². The van der Waals surface area contributed by atoms with Gasteiger partial charge in [-0.3, -0.25) is 0 Å². The van der Waals surface area contributed by atoms with Crippen LogP contribution in [0.2, 0.25) is 10.0 Å². The van der Waals surface area contributed by atoms with Gasteiger partial charge in [0.15, 0.2) is 0 Å². The highest BCUT2D eigenvalue weighted by atomic mass is 35.5. The molecule has 0 saturated heterocycles. The van der Waals surface area contributed by atoms with Gasteiger partial charge < -0.3 is 9.15 Å². The predicted molar refractivity (Wildman–Crippen MR) is 145 cm³/mol. The molecule has 2 aromatic heterocycles. The van der Waals surface area contributed by atoms with Crippen LogP contribution in [0.1, 0.15) is 16.8 Å². The van der Waals surface area contributed by atoms with E-state index in [0.29, 0.717) is 33.2 Å². The molecule has 5 aromatic rings. The second-order valence-corrected chi connectivity index (χ2v) is 9.95. The van der Waals surface area contributed by atoms with Crippen molar-refractivity contribution in [3.05, 3.63) is 105 Å². The van der Waals surface area contributed by atoms with Gasteiger partial charge in [0.25, 0.3) is 0 Å². The molecule has 0 aliphatic heterocycles. The fourth-order valence-corrected chi connectivity index (χ4v) is 5.30. The van der Waals surface area contributed by atoms with Crippen LogP contribution in [0.25, 0.3) is 33.1 Å². The SMILES string of the molecule is O=C(OCCCSc1cc(-c2ccc(Cl)cc2Cl)nc2ccccc12)c1cc2ccccc2oc1=O. The molecule has 3 aromatic carbocycles. The molecular formula is C28H19Cl2NO4S. The average molecular weight is 536 g/mol. The lowest BCUT2D eigenvalue weighted by Crippen LogP contribution is -2.17. The Balaban J connectivity index is 1.27. The van der Waals surface area contributed by atoms with Crippen molar-refractivity contribution >= 4 is 62.8 Å². The van der Waals surface area contributed by atoms with Gasteiger partial charge >= 0.3 is 11.6 Å². The molecule has 36 heavy (non-hydrogen) atoms. The number of halogens is 2. The summed E-state index contributed by atoms with van der Waals surface area (Å²) in [4.78, 5) is 30.4. The normalized spacial score (nSPS) is 11.2. The minimum Gasteiger partial charge on any atom is -0.462 e. The third-order valence-electron chi connectivity index (χ3n) is 5.53. The van der Waals surface area contributed by atoms with Gasteiger partial charge in [0.1, 0.15) is 11.1 Å². The lowest BCUT2D eigenvalue weighted by molar-refractivity contribution is 0.0501. The quantitative estimate of drug-likeness (QED) is 0.0921. The summed E-state index contributed by atoms with van der Waals surface area (Å²) in [5, 5.41) is 2.80. The molecule has 0 unspecified atom stereocenters. The third-order valence-corrected chi connectivity index (χ3v) is 7.22. The Kier molecular flexibility index (Phi) is 7.28. The van der Waals surface area contributed by atoms with Gasteiger partial charge in [-0.05, 0) is 48.9 Å². The molecule has 8 heteroatoms. The van der Waals surface area contributed by atoms with Crippen LogP contribution in [-0.4, -0.2) is 23.3 Å². The Bertz CT molecular complexity index is 1650. The van der Waals surface area contributed by atoms with Gasteiger partial charge in [0.2, 0.25) is 0 Å². The van der Waals surface area contributed by atoms with Crippen LogP contribution in [0, 0.1) is 0 Å². The smallest absolute Gasteiger partial charge is 0.351 e. The molecule has 0 radical (unpaired) electrons. The topological polar surface area (TPSA) is 69.4 Å². The van der Waals surface area contributed by atoms with Gasteiger partial charge in [-0.15, -0.1) is 11.8 Å². The maximum Gasteiger partial charge on any atom is 0.351 e. The van der Waals surface area contributed by atoms with E-state index in [1.54, 1.807) is 42.1 Å². The predicted octanol–water partition coefficient (Wildman–Crippen LogP) is 7.65. The summed E-state index contributed by atoms with van der Waals surface area (Å²) in [5.74, 6) is 0.00929. The second kappa shape index (κ2) is 10.7. The molecule has 5 nitrogen and oxygen atoms in total. The molecule has 0 fully saturated rings. The fraction of sp³-hybridized carbons (Fsp3) is 0.107. The molecule has 5 rings (SSSR count). The first kappa shape index (κ1) is 24.4. The van der Waals surface area contributed by atoms with Gasteiger partial charge in [0.05, 0.1) is 22.8 Å². The maximum atomic E-state index is 12.5. The van der Waals surface area contributed by atoms with Crippen LogP contribution in [-0.2, 0) is 4.74 Å². The third kappa shape index (κ3) is 5.26. The first-order valence-electron chi connectivity index (χ1n) is 11.2. The molecule has 2 heterocycles. The number of pyridine rings is 1. The molecular weight excluding hydrogens is 517 g/mol. The van der Waals surface area contributed by atoms with Crippen LogP contribution in [0.3, 0.4) is 0 Å². The monoisotopic (exact) mass is 535 g/mol. The molecule has 0 N–H and O–H groups in total. The van der Waals surface area contributed by atoms with Gasteiger partial charge in [-0.1, -0.05) is 59.6 Å². The number of fused-ring (bicyclic) bond motifs is 2. The molecule has 0 spiro atoms. The van der Waals surface area contributed by atoms with E-state index < -0.39 is 11.6 Å². The minimum atomic E-state index is -0.704. The van der Waals surface area contributed by atoms with Crippen molar-refractivity contribution in [1.29, 1.82) is 0 Å². The number of hydrogen-bond acceptors (Lipinski definition) is 6. The summed E-state index contributed by atoms with van der Waals surface area (Å²) in [6, 6.07) is 23.8. The fourth-order valence-electron chi connectivity index (χ4n) is 3.79. The van der Waals surface area contributed by atoms with Crippen LogP contribution >= 0.6 is 35.0 Å². The molecule has 0 bridgehead atoms. The summed E-state index contributed by atoms with van der Waals surface area (Å²) >= 11 is 14.1. The van der Waals surface area contributed by atoms with Gasteiger partial charge in [-0.2, -0.15) is 0 Å². The lowest BCUT2D eigenvalue weighted by atomic mass is 10.1. The number of carbonyl (C=O) groups excluding carboxylic acids is 1. The Hall–Kier alpha value is -3.32. The molecule has 0 aliphatic carbocycles. The van der Waals surface area contributed by atoms with Crippen molar-refractivity contribution in [2.24, 2.45) is 0 Å². The van der Waals surface area contributed by atoms with Gasteiger partial charge in [0, 0.05) is 32.0 Å². The van der Waals surface area contributed by atoms with E-state index >= 15 is 0 Å². The second-order valence-electron chi connectivity index (χ2n) is 7.97. The summed E-state index contributed by atoms with van der Waals surface area (Å²) in [5.41, 5.74) is 2.04. The van der Waals surface area contributed by atoms with E-state index in [0.717, 1.165) is 27.1 Å². The number of carbonyl (C=O) groups is 1. The molecule has 180 valence electrons. The Morgan fingerprint density at radius 2 is 1.78 bits per heavy atom. The highest BCUT2D eigenvalue weighted by Crippen LogP contribution is 2.35. The van der Waals surface area contributed by atoms with Gasteiger partial charge in [-0.25, -0.2) is 14.6 Å². The van der Waals surface area contributed by atoms with Crippen LogP contribution in [0.15, 0.2) is 93.0 Å². The number of nitrogens with zero attached hydrogens (tertiary/aromatic N) is 1. The van der Waals surface area contributed by atoms with E-state index in [4.69, 9.17) is 37.3 Å². The van der Waals surface area contributed by atoms with E-state index in [-0.39, 0.29) is 12.2 Å². The zero-order chi connectivity index (χ0) is 25.1.